The zero-order valence-electron chi connectivity index (χ0n) is 18.9. The van der Waals surface area contributed by atoms with Crippen molar-refractivity contribution in [3.05, 3.63) is 74.9 Å². The Morgan fingerprint density at radius 1 is 1.08 bits per heavy atom. The van der Waals surface area contributed by atoms with Gasteiger partial charge < -0.3 is 15.3 Å². The van der Waals surface area contributed by atoms with Gasteiger partial charge in [0.25, 0.3) is 0 Å². The van der Waals surface area contributed by atoms with Gasteiger partial charge in [0.15, 0.2) is 5.69 Å². The number of amides is 2. The van der Waals surface area contributed by atoms with Crippen molar-refractivity contribution in [3.63, 3.8) is 0 Å². The standard InChI is InChI=1S/C23H18BrFN6O6/c24-15-12-14(6-7-16(15)25)31-19(29-36-22(31)35)17-18(28-37-27-17)26-20(32)23(13-4-2-1-3-5-13)8-10-30(11-9-23)21(33)34/h1-7,12H,8-11H2,(H,33,34)(H,26,28,32). The number of piperidine rings is 1. The van der Waals surface area contributed by atoms with Crippen molar-refractivity contribution in [2.24, 2.45) is 0 Å². The van der Waals surface area contributed by atoms with Gasteiger partial charge in [-0.25, -0.2) is 23.2 Å². The number of rotatable bonds is 5. The molecule has 1 aliphatic heterocycles. The van der Waals surface area contributed by atoms with Gasteiger partial charge in [0.05, 0.1) is 15.6 Å². The molecule has 0 atom stereocenters. The fourth-order valence-corrected chi connectivity index (χ4v) is 4.75. The summed E-state index contributed by atoms with van der Waals surface area (Å²) < 4.78 is 24.5. The molecule has 0 spiro atoms. The van der Waals surface area contributed by atoms with Crippen molar-refractivity contribution >= 4 is 33.7 Å². The number of carboxylic acid groups (broad SMARTS) is 1. The van der Waals surface area contributed by atoms with E-state index < -0.39 is 29.0 Å². The zero-order valence-corrected chi connectivity index (χ0v) is 20.5. The van der Waals surface area contributed by atoms with Crippen LogP contribution in [0, 0.1) is 5.82 Å². The van der Waals surface area contributed by atoms with Gasteiger partial charge in [0.1, 0.15) is 5.82 Å². The monoisotopic (exact) mass is 572 g/mol. The quantitative estimate of drug-likeness (QED) is 0.365. The lowest BCUT2D eigenvalue weighted by molar-refractivity contribution is -0.123. The molecule has 0 aliphatic carbocycles. The first kappa shape index (κ1) is 24.4. The summed E-state index contributed by atoms with van der Waals surface area (Å²) in [5.41, 5.74) is -0.221. The van der Waals surface area contributed by atoms with E-state index in [4.69, 9.17) is 9.15 Å². The Labute approximate surface area is 215 Å². The average Bonchev–Trinajstić information content (AvgIpc) is 3.52. The average molecular weight is 573 g/mol. The molecule has 2 amide bonds. The van der Waals surface area contributed by atoms with E-state index in [2.05, 4.69) is 36.7 Å². The third kappa shape index (κ3) is 4.39. The van der Waals surface area contributed by atoms with Crippen LogP contribution in [-0.4, -0.2) is 55.1 Å². The third-order valence-electron chi connectivity index (χ3n) is 6.35. The van der Waals surface area contributed by atoms with E-state index in [0.717, 1.165) is 10.6 Å². The molecule has 2 aromatic heterocycles. The molecule has 0 radical (unpaired) electrons. The second kappa shape index (κ2) is 9.61. The highest BCUT2D eigenvalue weighted by molar-refractivity contribution is 9.10. The van der Waals surface area contributed by atoms with Crippen LogP contribution >= 0.6 is 15.9 Å². The number of nitrogens with one attached hydrogen (secondary N) is 1. The van der Waals surface area contributed by atoms with Crippen molar-refractivity contribution in [2.75, 3.05) is 18.4 Å². The van der Waals surface area contributed by atoms with E-state index in [1.807, 2.05) is 6.07 Å². The lowest BCUT2D eigenvalue weighted by Gasteiger charge is -2.39. The normalized spacial score (nSPS) is 14.9. The minimum Gasteiger partial charge on any atom is -0.465 e. The van der Waals surface area contributed by atoms with Crippen LogP contribution in [0.3, 0.4) is 0 Å². The van der Waals surface area contributed by atoms with E-state index in [-0.39, 0.29) is 53.4 Å². The fraction of sp³-hybridized carbons (Fsp3) is 0.217. The van der Waals surface area contributed by atoms with E-state index in [0.29, 0.717) is 5.56 Å². The Morgan fingerprint density at radius 3 is 2.49 bits per heavy atom. The zero-order chi connectivity index (χ0) is 26.2. The Bertz CT molecular complexity index is 1530. The minimum atomic E-state index is -1.06. The molecular weight excluding hydrogens is 555 g/mol. The second-order valence-electron chi connectivity index (χ2n) is 8.34. The summed E-state index contributed by atoms with van der Waals surface area (Å²) in [4.78, 5) is 38.9. The summed E-state index contributed by atoms with van der Waals surface area (Å²) in [6.45, 7) is 0.313. The maximum atomic E-state index is 13.7. The highest BCUT2D eigenvalue weighted by atomic mass is 79.9. The van der Waals surface area contributed by atoms with Crippen LogP contribution in [0.15, 0.2) is 67.0 Å². The summed E-state index contributed by atoms with van der Waals surface area (Å²) in [6, 6.07) is 12.9. The molecule has 1 saturated heterocycles. The molecule has 4 aromatic rings. The van der Waals surface area contributed by atoms with Crippen molar-refractivity contribution in [2.45, 2.75) is 18.3 Å². The number of anilines is 1. The van der Waals surface area contributed by atoms with Gasteiger partial charge in [-0.05, 0) is 62.8 Å². The molecule has 5 rings (SSSR count). The second-order valence-corrected chi connectivity index (χ2v) is 9.19. The SMILES string of the molecule is O=C(O)N1CCC(C(=O)Nc2nonc2-c2noc(=O)n2-c2ccc(F)c(Br)c2)(c2ccccc2)CC1. The Hall–Kier alpha value is -4.33. The predicted molar refractivity (Wildman–Crippen MR) is 129 cm³/mol. The summed E-state index contributed by atoms with van der Waals surface area (Å²) >= 11 is 3.08. The number of hydrogen-bond acceptors (Lipinski definition) is 8. The van der Waals surface area contributed by atoms with Gasteiger partial charge in [-0.3, -0.25) is 9.32 Å². The number of hydrogen-bond donors (Lipinski definition) is 2. The van der Waals surface area contributed by atoms with E-state index in [1.165, 1.54) is 17.0 Å². The maximum absolute atomic E-state index is 13.7. The fourth-order valence-electron chi connectivity index (χ4n) is 4.38. The smallest absolute Gasteiger partial charge is 0.446 e. The molecule has 190 valence electrons. The minimum absolute atomic E-state index is 0.0918. The van der Waals surface area contributed by atoms with Crippen molar-refractivity contribution in [1.29, 1.82) is 0 Å². The number of carbonyl (C=O) groups excluding carboxylic acids is 1. The first-order valence-corrected chi connectivity index (χ1v) is 11.8. The Kier molecular flexibility index (Phi) is 6.33. The molecule has 0 saturated carbocycles. The van der Waals surface area contributed by atoms with E-state index >= 15 is 0 Å². The van der Waals surface area contributed by atoms with Gasteiger partial charge in [-0.2, -0.15) is 0 Å². The van der Waals surface area contributed by atoms with E-state index in [1.54, 1.807) is 24.3 Å². The lowest BCUT2D eigenvalue weighted by atomic mass is 9.72. The van der Waals surface area contributed by atoms with Crippen LogP contribution in [0.5, 0.6) is 0 Å². The molecular formula is C23H18BrFN6O6. The number of halogens is 2. The number of aromatic nitrogens is 4. The molecule has 37 heavy (non-hydrogen) atoms. The van der Waals surface area contributed by atoms with Crippen LogP contribution in [0.1, 0.15) is 18.4 Å². The molecule has 2 aromatic carbocycles. The molecule has 0 bridgehead atoms. The molecule has 2 N–H and O–H groups in total. The van der Waals surface area contributed by atoms with Gasteiger partial charge in [0.2, 0.25) is 17.5 Å². The summed E-state index contributed by atoms with van der Waals surface area (Å²) in [5.74, 6) is -2.12. The van der Waals surface area contributed by atoms with Gasteiger partial charge >= 0.3 is 11.8 Å². The summed E-state index contributed by atoms with van der Waals surface area (Å²) in [7, 11) is 0. The first-order chi connectivity index (χ1) is 17.8. The molecule has 12 nitrogen and oxygen atoms in total. The maximum Gasteiger partial charge on any atom is 0.446 e. The van der Waals surface area contributed by atoms with Crippen LogP contribution in [-0.2, 0) is 10.2 Å². The predicted octanol–water partition coefficient (Wildman–Crippen LogP) is 3.43. The number of likely N-dealkylation sites (tertiary alicyclic amines) is 1. The number of nitrogens with zero attached hydrogens (tertiary/aromatic N) is 5. The largest absolute Gasteiger partial charge is 0.465 e. The molecule has 0 unspecified atom stereocenters. The highest BCUT2D eigenvalue weighted by Crippen LogP contribution is 2.37. The molecule has 1 fully saturated rings. The van der Waals surface area contributed by atoms with Crippen molar-refractivity contribution < 1.29 is 28.2 Å². The van der Waals surface area contributed by atoms with Gasteiger partial charge in [0, 0.05) is 13.1 Å². The Morgan fingerprint density at radius 2 is 1.81 bits per heavy atom. The van der Waals surface area contributed by atoms with Crippen LogP contribution < -0.4 is 11.1 Å². The molecule has 1 aliphatic rings. The lowest BCUT2D eigenvalue weighted by Crippen LogP contribution is -2.50. The van der Waals surface area contributed by atoms with Crippen molar-refractivity contribution in [1.82, 2.24) is 24.9 Å². The van der Waals surface area contributed by atoms with E-state index in [9.17, 15) is 23.9 Å². The molecule has 14 heteroatoms. The van der Waals surface area contributed by atoms with Crippen LogP contribution in [0.25, 0.3) is 17.2 Å². The number of carbonyl (C=O) groups is 2. The Balaban J connectivity index is 1.50. The third-order valence-corrected chi connectivity index (χ3v) is 6.95. The van der Waals surface area contributed by atoms with Gasteiger partial charge in [-0.1, -0.05) is 35.5 Å². The summed E-state index contributed by atoms with van der Waals surface area (Å²) in [5, 5.41) is 23.4. The van der Waals surface area contributed by atoms with Gasteiger partial charge in [-0.15, -0.1) is 0 Å². The summed E-state index contributed by atoms with van der Waals surface area (Å²) in [6.07, 6.45) is -0.594. The number of benzene rings is 2. The molecule has 3 heterocycles. The van der Waals surface area contributed by atoms with Crippen molar-refractivity contribution in [3.8, 4) is 17.2 Å². The first-order valence-electron chi connectivity index (χ1n) is 11.0. The topological polar surface area (TPSA) is 157 Å². The van der Waals surface area contributed by atoms with Crippen LogP contribution in [0.2, 0.25) is 0 Å². The highest BCUT2D eigenvalue weighted by Gasteiger charge is 2.44. The van der Waals surface area contributed by atoms with Crippen LogP contribution in [0.4, 0.5) is 15.0 Å².